The predicted octanol–water partition coefficient (Wildman–Crippen LogP) is 1.94. The van der Waals surface area contributed by atoms with E-state index in [1.54, 1.807) is 6.33 Å². The van der Waals surface area contributed by atoms with Gasteiger partial charge in [0.25, 0.3) is 0 Å². The largest absolute Gasteiger partial charge is 0.347 e. The average Bonchev–Trinajstić information content (AvgIpc) is 2.93. The highest BCUT2D eigenvalue weighted by Gasteiger charge is 2.38. The molecule has 2 aliphatic carbocycles. The van der Waals surface area contributed by atoms with E-state index in [1.807, 2.05) is 6.20 Å². The number of hydrogen-bond donors (Lipinski definition) is 2. The first kappa shape index (κ1) is 9.40. The predicted molar refractivity (Wildman–Crippen MR) is 59.2 cm³/mol. The number of rotatable bonds is 4. The Morgan fingerprint density at radius 2 is 2.40 bits per heavy atom. The van der Waals surface area contributed by atoms with Gasteiger partial charge >= 0.3 is 0 Å². The van der Waals surface area contributed by atoms with Gasteiger partial charge in [-0.15, -0.1) is 0 Å². The molecule has 3 atom stereocenters. The summed E-state index contributed by atoms with van der Waals surface area (Å²) < 4.78 is 0. The van der Waals surface area contributed by atoms with Crippen LogP contribution < -0.4 is 5.32 Å². The third-order valence-electron chi connectivity index (χ3n) is 4.16. The summed E-state index contributed by atoms with van der Waals surface area (Å²) in [6.45, 7) is 2.13. The standard InChI is InChI=1S/C12H19N3/c1-2-10-3-9(1)4-11(10)5-13-6-12-7-14-8-15-12/h7-11,13H,1-6H2,(H,14,15). The number of aromatic amines is 1. The molecule has 2 bridgehead atoms. The highest BCUT2D eigenvalue weighted by atomic mass is 14.9. The van der Waals surface area contributed by atoms with Crippen molar-refractivity contribution < 1.29 is 0 Å². The van der Waals surface area contributed by atoms with E-state index >= 15 is 0 Å². The Labute approximate surface area is 90.7 Å². The van der Waals surface area contributed by atoms with Crippen molar-refractivity contribution in [3.63, 3.8) is 0 Å². The first-order valence-corrected chi connectivity index (χ1v) is 6.10. The number of nitrogens with one attached hydrogen (secondary N) is 2. The molecular weight excluding hydrogens is 186 g/mol. The molecule has 3 unspecified atom stereocenters. The molecule has 15 heavy (non-hydrogen) atoms. The molecule has 82 valence electrons. The SMILES string of the molecule is c1ncc(CNCC2CC3CCC2C3)[nH]1. The van der Waals surface area contributed by atoms with Gasteiger partial charge in [0.05, 0.1) is 6.33 Å². The van der Waals surface area contributed by atoms with Gasteiger partial charge in [-0.1, -0.05) is 6.42 Å². The summed E-state index contributed by atoms with van der Waals surface area (Å²) in [5.41, 5.74) is 1.19. The Morgan fingerprint density at radius 1 is 1.40 bits per heavy atom. The second-order valence-corrected chi connectivity index (χ2v) is 5.14. The highest BCUT2D eigenvalue weighted by Crippen LogP contribution is 2.47. The van der Waals surface area contributed by atoms with Gasteiger partial charge in [0.1, 0.15) is 0 Å². The molecule has 0 amide bonds. The molecule has 0 saturated heterocycles. The molecule has 1 aromatic heterocycles. The third-order valence-corrected chi connectivity index (χ3v) is 4.16. The van der Waals surface area contributed by atoms with Crippen LogP contribution in [0.15, 0.2) is 12.5 Å². The van der Waals surface area contributed by atoms with Crippen LogP contribution in [0.3, 0.4) is 0 Å². The third kappa shape index (κ3) is 1.93. The van der Waals surface area contributed by atoms with Crippen LogP contribution >= 0.6 is 0 Å². The number of hydrogen-bond acceptors (Lipinski definition) is 2. The van der Waals surface area contributed by atoms with Crippen molar-refractivity contribution in [2.75, 3.05) is 6.54 Å². The summed E-state index contributed by atoms with van der Waals surface area (Å²) >= 11 is 0. The smallest absolute Gasteiger partial charge is 0.0922 e. The zero-order valence-corrected chi connectivity index (χ0v) is 9.08. The minimum atomic E-state index is 0.938. The lowest BCUT2D eigenvalue weighted by atomic mass is 9.89. The monoisotopic (exact) mass is 205 g/mol. The van der Waals surface area contributed by atoms with Gasteiger partial charge in [-0.25, -0.2) is 4.98 Å². The van der Waals surface area contributed by atoms with Gasteiger partial charge < -0.3 is 10.3 Å². The summed E-state index contributed by atoms with van der Waals surface area (Å²) in [7, 11) is 0. The Balaban J connectivity index is 1.43. The Bertz CT molecular complexity index is 307. The molecule has 2 fully saturated rings. The van der Waals surface area contributed by atoms with Crippen LogP contribution in [0.4, 0.5) is 0 Å². The number of H-pyrrole nitrogens is 1. The van der Waals surface area contributed by atoms with Crippen molar-refractivity contribution in [2.24, 2.45) is 17.8 Å². The van der Waals surface area contributed by atoms with Gasteiger partial charge in [-0.2, -0.15) is 0 Å². The van der Waals surface area contributed by atoms with E-state index < -0.39 is 0 Å². The molecule has 2 N–H and O–H groups in total. The zero-order chi connectivity index (χ0) is 10.1. The van der Waals surface area contributed by atoms with E-state index in [1.165, 1.54) is 37.9 Å². The van der Waals surface area contributed by atoms with Crippen molar-refractivity contribution in [3.05, 3.63) is 18.2 Å². The van der Waals surface area contributed by atoms with Crippen molar-refractivity contribution in [2.45, 2.75) is 32.2 Å². The van der Waals surface area contributed by atoms with Crippen molar-refractivity contribution in [3.8, 4) is 0 Å². The first-order valence-electron chi connectivity index (χ1n) is 6.10. The number of aromatic nitrogens is 2. The van der Waals surface area contributed by atoms with Gasteiger partial charge in [0.2, 0.25) is 0 Å². The summed E-state index contributed by atoms with van der Waals surface area (Å²) in [5.74, 6) is 3.05. The zero-order valence-electron chi connectivity index (χ0n) is 9.08. The Morgan fingerprint density at radius 3 is 3.07 bits per heavy atom. The molecular formula is C12H19N3. The van der Waals surface area contributed by atoms with Gasteiger partial charge in [-0.3, -0.25) is 0 Å². The summed E-state index contributed by atoms with van der Waals surface area (Å²) in [6, 6.07) is 0. The molecule has 3 nitrogen and oxygen atoms in total. The maximum atomic E-state index is 4.02. The molecule has 1 heterocycles. The average molecular weight is 205 g/mol. The molecule has 2 aliphatic rings. The summed E-state index contributed by atoms with van der Waals surface area (Å²) in [6.07, 6.45) is 9.61. The van der Waals surface area contributed by atoms with E-state index in [4.69, 9.17) is 0 Å². The Kier molecular flexibility index (Phi) is 2.49. The lowest BCUT2D eigenvalue weighted by molar-refractivity contribution is 0.318. The second-order valence-electron chi connectivity index (χ2n) is 5.14. The molecule has 3 heteroatoms. The fourth-order valence-electron chi connectivity index (χ4n) is 3.40. The topological polar surface area (TPSA) is 40.7 Å². The minimum absolute atomic E-state index is 0.938. The van der Waals surface area contributed by atoms with Crippen molar-refractivity contribution >= 4 is 0 Å². The van der Waals surface area contributed by atoms with Crippen LogP contribution in [0.2, 0.25) is 0 Å². The molecule has 0 aliphatic heterocycles. The summed E-state index contributed by atoms with van der Waals surface area (Å²) in [5, 5.41) is 3.54. The van der Waals surface area contributed by atoms with Crippen LogP contribution in [-0.2, 0) is 6.54 Å². The van der Waals surface area contributed by atoms with Crippen LogP contribution in [0.5, 0.6) is 0 Å². The molecule has 2 saturated carbocycles. The molecule has 3 rings (SSSR count). The molecule has 0 radical (unpaired) electrons. The fourth-order valence-corrected chi connectivity index (χ4v) is 3.40. The highest BCUT2D eigenvalue weighted by molar-refractivity contribution is 4.95. The fraction of sp³-hybridized carbons (Fsp3) is 0.750. The maximum Gasteiger partial charge on any atom is 0.0922 e. The number of imidazole rings is 1. The minimum Gasteiger partial charge on any atom is -0.347 e. The van der Waals surface area contributed by atoms with E-state index in [2.05, 4.69) is 15.3 Å². The molecule has 0 spiro atoms. The van der Waals surface area contributed by atoms with Gasteiger partial charge in [0, 0.05) is 18.4 Å². The van der Waals surface area contributed by atoms with E-state index in [0.29, 0.717) is 0 Å². The Hall–Kier alpha value is -0.830. The number of fused-ring (bicyclic) bond motifs is 2. The summed E-state index contributed by atoms with van der Waals surface area (Å²) in [4.78, 5) is 7.14. The van der Waals surface area contributed by atoms with Crippen molar-refractivity contribution in [1.82, 2.24) is 15.3 Å². The van der Waals surface area contributed by atoms with E-state index in [9.17, 15) is 0 Å². The van der Waals surface area contributed by atoms with Crippen LogP contribution in [0.25, 0.3) is 0 Å². The normalized spacial score (nSPS) is 33.7. The van der Waals surface area contributed by atoms with E-state index in [-0.39, 0.29) is 0 Å². The quantitative estimate of drug-likeness (QED) is 0.788. The first-order chi connectivity index (χ1) is 7.42. The van der Waals surface area contributed by atoms with Crippen molar-refractivity contribution in [1.29, 1.82) is 0 Å². The maximum absolute atomic E-state index is 4.02. The van der Waals surface area contributed by atoms with Crippen LogP contribution in [0, 0.1) is 17.8 Å². The van der Waals surface area contributed by atoms with Crippen LogP contribution in [0.1, 0.15) is 31.4 Å². The molecule has 0 aromatic carbocycles. The van der Waals surface area contributed by atoms with Crippen LogP contribution in [-0.4, -0.2) is 16.5 Å². The second kappa shape index (κ2) is 3.97. The number of nitrogens with zero attached hydrogens (tertiary/aromatic N) is 1. The lowest BCUT2D eigenvalue weighted by Crippen LogP contribution is -2.26. The molecule has 1 aromatic rings. The lowest BCUT2D eigenvalue weighted by Gasteiger charge is -2.21. The van der Waals surface area contributed by atoms with Gasteiger partial charge in [-0.05, 0) is 43.6 Å². The van der Waals surface area contributed by atoms with E-state index in [0.717, 1.165) is 24.3 Å². The van der Waals surface area contributed by atoms with Gasteiger partial charge in [0.15, 0.2) is 0 Å².